The minimum Gasteiger partial charge on any atom is -0.460 e. The predicted molar refractivity (Wildman–Crippen MR) is 76.0 cm³/mol. The van der Waals surface area contributed by atoms with E-state index in [2.05, 4.69) is 0 Å². The van der Waals surface area contributed by atoms with Gasteiger partial charge in [0.2, 0.25) is 0 Å². The van der Waals surface area contributed by atoms with Crippen molar-refractivity contribution in [2.24, 2.45) is 5.41 Å². The number of carbonyl (C=O) groups is 2. The lowest BCUT2D eigenvalue weighted by Crippen LogP contribution is -2.35. The van der Waals surface area contributed by atoms with Crippen LogP contribution in [0, 0.1) is 5.41 Å². The molecule has 1 N–H and O–H groups in total. The molecule has 0 aliphatic carbocycles. The van der Waals surface area contributed by atoms with Crippen LogP contribution in [0.1, 0.15) is 38.7 Å². The zero-order chi connectivity index (χ0) is 15.0. The summed E-state index contributed by atoms with van der Waals surface area (Å²) in [6.07, 6.45) is 1.44. The molecule has 20 heavy (non-hydrogen) atoms. The van der Waals surface area contributed by atoms with Crippen LogP contribution >= 0.6 is 0 Å². The average molecular weight is 278 g/mol. The molecule has 0 fully saturated rings. The molecule has 1 aromatic rings. The van der Waals surface area contributed by atoms with Gasteiger partial charge >= 0.3 is 5.97 Å². The van der Waals surface area contributed by atoms with Crippen molar-refractivity contribution in [3.8, 4) is 0 Å². The lowest BCUT2D eigenvalue weighted by atomic mass is 9.85. The molecule has 0 aliphatic rings. The predicted octanol–water partition coefficient (Wildman–Crippen LogP) is 2.49. The van der Waals surface area contributed by atoms with Crippen molar-refractivity contribution < 1.29 is 19.4 Å². The number of aliphatic hydroxyl groups is 1. The number of benzene rings is 1. The van der Waals surface area contributed by atoms with Crippen LogP contribution in [0.15, 0.2) is 30.3 Å². The Hall–Kier alpha value is -1.68. The van der Waals surface area contributed by atoms with E-state index in [0.717, 1.165) is 5.56 Å². The smallest absolute Gasteiger partial charge is 0.319 e. The zero-order valence-electron chi connectivity index (χ0n) is 12.1. The third-order valence-corrected chi connectivity index (χ3v) is 3.23. The quantitative estimate of drug-likeness (QED) is 0.451. The van der Waals surface area contributed by atoms with Gasteiger partial charge in [0.15, 0.2) is 0 Å². The summed E-state index contributed by atoms with van der Waals surface area (Å²) >= 11 is 0. The largest absolute Gasteiger partial charge is 0.460 e. The highest BCUT2D eigenvalue weighted by atomic mass is 16.5. The molecule has 4 heteroatoms. The number of ketones is 1. The highest BCUT2D eigenvalue weighted by Crippen LogP contribution is 2.22. The van der Waals surface area contributed by atoms with Crippen molar-refractivity contribution in [2.75, 3.05) is 6.61 Å². The van der Waals surface area contributed by atoms with Crippen molar-refractivity contribution in [2.45, 2.75) is 39.7 Å². The van der Waals surface area contributed by atoms with Crippen LogP contribution in [0.25, 0.3) is 0 Å². The maximum absolute atomic E-state index is 12.0. The molecule has 0 saturated carbocycles. The number of hydrogen-bond acceptors (Lipinski definition) is 4. The van der Waals surface area contributed by atoms with Crippen molar-refractivity contribution in [3.63, 3.8) is 0 Å². The fourth-order valence-corrected chi connectivity index (χ4v) is 1.73. The van der Waals surface area contributed by atoms with Crippen molar-refractivity contribution >= 4 is 11.8 Å². The van der Waals surface area contributed by atoms with Crippen LogP contribution in [0.2, 0.25) is 0 Å². The first kappa shape index (κ1) is 16.4. The van der Waals surface area contributed by atoms with Gasteiger partial charge in [0.25, 0.3) is 0 Å². The van der Waals surface area contributed by atoms with E-state index in [0.29, 0.717) is 12.8 Å². The molecule has 0 atom stereocenters. The fraction of sp³-hybridized carbons (Fsp3) is 0.500. The van der Waals surface area contributed by atoms with Gasteiger partial charge in [-0.2, -0.15) is 0 Å². The third kappa shape index (κ3) is 4.78. The lowest BCUT2D eigenvalue weighted by Gasteiger charge is -2.21. The number of rotatable bonds is 8. The summed E-state index contributed by atoms with van der Waals surface area (Å²) in [6, 6.07) is 9.36. The number of unbranched alkanes of at least 4 members (excludes halogenated alkanes) is 1. The highest BCUT2D eigenvalue weighted by molar-refractivity contribution is 6.02. The van der Waals surface area contributed by atoms with Gasteiger partial charge in [-0.1, -0.05) is 30.3 Å². The summed E-state index contributed by atoms with van der Waals surface area (Å²) in [7, 11) is 0. The molecule has 1 aromatic carbocycles. The molecule has 4 nitrogen and oxygen atoms in total. The first-order valence-corrected chi connectivity index (χ1v) is 6.84. The second-order valence-corrected chi connectivity index (χ2v) is 5.29. The summed E-state index contributed by atoms with van der Waals surface area (Å²) < 4.78 is 5.21. The Kier molecular flexibility index (Phi) is 6.39. The van der Waals surface area contributed by atoms with Gasteiger partial charge in [-0.05, 0) is 32.3 Å². The molecule has 0 saturated heterocycles. The molecule has 0 heterocycles. The molecule has 0 aromatic heterocycles. The summed E-state index contributed by atoms with van der Waals surface area (Å²) in [5.74, 6) is -0.653. The maximum atomic E-state index is 12.0. The molecular formula is C16H22O4. The molecule has 0 aliphatic heterocycles. The van der Waals surface area contributed by atoms with Gasteiger partial charge in [0, 0.05) is 13.0 Å². The highest BCUT2D eigenvalue weighted by Gasteiger charge is 2.36. The molecule has 0 spiro atoms. The number of carbonyl (C=O) groups excluding carboxylic acids is 2. The molecule has 0 radical (unpaired) electrons. The topological polar surface area (TPSA) is 63.6 Å². The van der Waals surface area contributed by atoms with Gasteiger partial charge in [-0.15, -0.1) is 0 Å². The van der Waals surface area contributed by atoms with E-state index in [-0.39, 0.29) is 25.4 Å². The SMILES string of the molecule is CC(C)(C(=O)CCCCO)C(=O)OCc1ccccc1. The van der Waals surface area contributed by atoms with E-state index in [1.807, 2.05) is 30.3 Å². The molecule has 110 valence electrons. The van der Waals surface area contributed by atoms with E-state index in [4.69, 9.17) is 9.84 Å². The Bertz CT molecular complexity index is 437. The Balaban J connectivity index is 2.49. The van der Waals surface area contributed by atoms with Crippen molar-refractivity contribution in [1.29, 1.82) is 0 Å². The summed E-state index contributed by atoms with van der Waals surface area (Å²) in [6.45, 7) is 3.41. The summed E-state index contributed by atoms with van der Waals surface area (Å²) in [4.78, 5) is 24.0. The number of ether oxygens (including phenoxy) is 1. The number of hydrogen-bond donors (Lipinski definition) is 1. The second-order valence-electron chi connectivity index (χ2n) is 5.29. The van der Waals surface area contributed by atoms with Gasteiger partial charge < -0.3 is 9.84 Å². The standard InChI is InChI=1S/C16H22O4/c1-16(2,14(18)10-6-7-11-17)15(19)20-12-13-8-4-3-5-9-13/h3-5,8-9,17H,6-7,10-12H2,1-2H3. The molecule has 0 amide bonds. The van der Waals surface area contributed by atoms with E-state index in [1.165, 1.54) is 0 Å². The van der Waals surface area contributed by atoms with Crippen LogP contribution in [0.4, 0.5) is 0 Å². The van der Waals surface area contributed by atoms with Crippen LogP contribution < -0.4 is 0 Å². The number of esters is 1. The molecule has 1 rings (SSSR count). The zero-order valence-corrected chi connectivity index (χ0v) is 12.1. The van der Waals surface area contributed by atoms with E-state index in [9.17, 15) is 9.59 Å². The summed E-state index contributed by atoms with van der Waals surface area (Å²) in [5.41, 5.74) is -0.242. The van der Waals surface area contributed by atoms with E-state index < -0.39 is 11.4 Å². The molecular weight excluding hydrogens is 256 g/mol. The van der Waals surface area contributed by atoms with Crippen LogP contribution in [-0.2, 0) is 20.9 Å². The van der Waals surface area contributed by atoms with Crippen LogP contribution in [0.3, 0.4) is 0 Å². The summed E-state index contributed by atoms with van der Waals surface area (Å²) in [5, 5.41) is 8.70. The van der Waals surface area contributed by atoms with Gasteiger partial charge in [0.05, 0.1) is 0 Å². The monoisotopic (exact) mass is 278 g/mol. The first-order chi connectivity index (χ1) is 9.48. The fourth-order valence-electron chi connectivity index (χ4n) is 1.73. The molecule has 0 unspecified atom stereocenters. The van der Waals surface area contributed by atoms with Gasteiger partial charge in [-0.3, -0.25) is 9.59 Å². The average Bonchev–Trinajstić information content (AvgIpc) is 2.45. The second kappa shape index (κ2) is 7.80. The Morgan fingerprint density at radius 3 is 2.40 bits per heavy atom. The van der Waals surface area contributed by atoms with Crippen molar-refractivity contribution in [1.82, 2.24) is 0 Å². The van der Waals surface area contributed by atoms with E-state index in [1.54, 1.807) is 13.8 Å². The van der Waals surface area contributed by atoms with Crippen LogP contribution in [0.5, 0.6) is 0 Å². The van der Waals surface area contributed by atoms with Gasteiger partial charge in [-0.25, -0.2) is 0 Å². The normalized spacial score (nSPS) is 11.2. The molecule has 0 bridgehead atoms. The Morgan fingerprint density at radius 2 is 1.80 bits per heavy atom. The Morgan fingerprint density at radius 1 is 1.15 bits per heavy atom. The van der Waals surface area contributed by atoms with Crippen LogP contribution in [-0.4, -0.2) is 23.5 Å². The minimum absolute atomic E-state index is 0.0617. The van der Waals surface area contributed by atoms with E-state index >= 15 is 0 Å². The number of Topliss-reactive ketones (excluding diaryl/α,β-unsaturated/α-hetero) is 1. The maximum Gasteiger partial charge on any atom is 0.319 e. The van der Waals surface area contributed by atoms with Gasteiger partial charge in [0.1, 0.15) is 17.8 Å². The third-order valence-electron chi connectivity index (χ3n) is 3.23. The van der Waals surface area contributed by atoms with Crippen molar-refractivity contribution in [3.05, 3.63) is 35.9 Å². The first-order valence-electron chi connectivity index (χ1n) is 6.84. The Labute approximate surface area is 119 Å². The minimum atomic E-state index is -1.13. The lowest BCUT2D eigenvalue weighted by molar-refractivity contribution is -0.159. The number of aliphatic hydroxyl groups excluding tert-OH is 1.